The van der Waals surface area contributed by atoms with Crippen LogP contribution in [0.15, 0.2) is 41.3 Å². The van der Waals surface area contributed by atoms with E-state index >= 15 is 0 Å². The summed E-state index contributed by atoms with van der Waals surface area (Å²) in [6.45, 7) is 8.27. The second-order valence-corrected chi connectivity index (χ2v) is 9.84. The first-order chi connectivity index (χ1) is 12.9. The monoisotopic (exact) mass is 389 g/mol. The minimum absolute atomic E-state index is 0.385. The average Bonchev–Trinajstić information content (AvgIpc) is 2.64. The number of fused-ring (bicyclic) bond motifs is 1. The Balaban J connectivity index is 1.95. The SMILES string of the molecule is CCCCCOc1ccc(S(=O)(=O)N2C[C@H](C)C[C@H](C)C2)c2ccccc12. The van der Waals surface area contributed by atoms with Gasteiger partial charge in [0.1, 0.15) is 5.75 Å². The number of sulfonamides is 1. The quantitative estimate of drug-likeness (QED) is 0.621. The third-order valence-corrected chi connectivity index (χ3v) is 7.19. The lowest BCUT2D eigenvalue weighted by molar-refractivity contribution is 0.222. The number of rotatable bonds is 7. The summed E-state index contributed by atoms with van der Waals surface area (Å²) in [6, 6.07) is 11.2. The third-order valence-electron chi connectivity index (χ3n) is 5.30. The molecule has 0 spiro atoms. The molecule has 3 rings (SSSR count). The van der Waals surface area contributed by atoms with Crippen molar-refractivity contribution in [3.8, 4) is 5.75 Å². The van der Waals surface area contributed by atoms with Crippen molar-refractivity contribution in [1.82, 2.24) is 4.31 Å². The third kappa shape index (κ3) is 4.46. The zero-order valence-electron chi connectivity index (χ0n) is 16.6. The van der Waals surface area contributed by atoms with Crippen LogP contribution in [0.5, 0.6) is 5.75 Å². The summed E-state index contributed by atoms with van der Waals surface area (Å²) in [7, 11) is -3.52. The fourth-order valence-electron chi connectivity index (χ4n) is 4.07. The predicted molar refractivity (Wildman–Crippen MR) is 111 cm³/mol. The van der Waals surface area contributed by atoms with Gasteiger partial charge in [-0.25, -0.2) is 8.42 Å². The molecule has 0 bridgehead atoms. The van der Waals surface area contributed by atoms with Gasteiger partial charge in [-0.3, -0.25) is 0 Å². The molecule has 1 fully saturated rings. The molecule has 1 aliphatic rings. The zero-order valence-corrected chi connectivity index (χ0v) is 17.5. The molecule has 0 amide bonds. The highest BCUT2D eigenvalue weighted by Crippen LogP contribution is 2.34. The molecule has 2 aromatic rings. The van der Waals surface area contributed by atoms with Gasteiger partial charge in [-0.15, -0.1) is 0 Å². The summed E-state index contributed by atoms with van der Waals surface area (Å²) in [5.41, 5.74) is 0. The molecule has 1 aliphatic heterocycles. The topological polar surface area (TPSA) is 46.6 Å². The van der Waals surface area contributed by atoms with Gasteiger partial charge in [0.2, 0.25) is 10.0 Å². The second-order valence-electron chi connectivity index (χ2n) is 7.93. The molecule has 1 saturated heterocycles. The van der Waals surface area contributed by atoms with E-state index in [1.165, 1.54) is 0 Å². The van der Waals surface area contributed by atoms with Crippen LogP contribution in [-0.4, -0.2) is 32.4 Å². The van der Waals surface area contributed by atoms with Crippen LogP contribution in [0, 0.1) is 11.8 Å². The maximum atomic E-state index is 13.4. The Hall–Kier alpha value is -1.59. The van der Waals surface area contributed by atoms with Crippen molar-refractivity contribution in [1.29, 1.82) is 0 Å². The highest BCUT2D eigenvalue weighted by Gasteiger charge is 2.32. The Morgan fingerprint density at radius 3 is 2.33 bits per heavy atom. The van der Waals surface area contributed by atoms with Crippen molar-refractivity contribution in [3.63, 3.8) is 0 Å². The van der Waals surface area contributed by atoms with E-state index in [9.17, 15) is 8.42 Å². The highest BCUT2D eigenvalue weighted by molar-refractivity contribution is 7.89. The molecule has 2 aromatic carbocycles. The highest BCUT2D eigenvalue weighted by atomic mass is 32.2. The van der Waals surface area contributed by atoms with E-state index < -0.39 is 10.0 Å². The molecule has 5 heteroatoms. The lowest BCUT2D eigenvalue weighted by Gasteiger charge is -2.34. The Morgan fingerprint density at radius 1 is 1.00 bits per heavy atom. The standard InChI is InChI=1S/C22H31NO3S/c1-4-5-8-13-26-21-11-12-22(20-10-7-6-9-19(20)21)27(24,25)23-15-17(2)14-18(3)16-23/h6-7,9-12,17-18H,4-5,8,13-16H2,1-3H3/t17-,18+. The summed E-state index contributed by atoms with van der Waals surface area (Å²) in [4.78, 5) is 0.389. The van der Waals surface area contributed by atoms with Gasteiger partial charge in [-0.2, -0.15) is 4.31 Å². The molecular weight excluding hydrogens is 358 g/mol. The maximum Gasteiger partial charge on any atom is 0.243 e. The van der Waals surface area contributed by atoms with Crippen LogP contribution in [-0.2, 0) is 10.0 Å². The molecule has 0 aliphatic carbocycles. The van der Waals surface area contributed by atoms with Gasteiger partial charge < -0.3 is 4.74 Å². The number of piperidine rings is 1. The van der Waals surface area contributed by atoms with Crippen LogP contribution < -0.4 is 4.74 Å². The molecule has 0 unspecified atom stereocenters. The van der Waals surface area contributed by atoms with E-state index in [1.54, 1.807) is 10.4 Å². The van der Waals surface area contributed by atoms with E-state index in [2.05, 4.69) is 20.8 Å². The lowest BCUT2D eigenvalue weighted by Crippen LogP contribution is -2.42. The maximum absolute atomic E-state index is 13.4. The van der Waals surface area contributed by atoms with Crippen molar-refractivity contribution < 1.29 is 13.2 Å². The van der Waals surface area contributed by atoms with Crippen LogP contribution in [0.3, 0.4) is 0 Å². The van der Waals surface area contributed by atoms with Crippen LogP contribution in [0.2, 0.25) is 0 Å². The smallest absolute Gasteiger partial charge is 0.243 e. The first-order valence-electron chi connectivity index (χ1n) is 10.1. The summed E-state index contributed by atoms with van der Waals surface area (Å²) in [5, 5.41) is 1.62. The van der Waals surface area contributed by atoms with Crippen LogP contribution in [0.1, 0.15) is 46.5 Å². The minimum Gasteiger partial charge on any atom is -0.493 e. The van der Waals surface area contributed by atoms with Gasteiger partial charge in [0.05, 0.1) is 11.5 Å². The molecule has 2 atom stereocenters. The van der Waals surface area contributed by atoms with E-state index in [-0.39, 0.29) is 0 Å². The zero-order chi connectivity index (χ0) is 19.4. The summed E-state index contributed by atoms with van der Waals surface area (Å²) in [6.07, 6.45) is 4.37. The molecule has 148 valence electrons. The Morgan fingerprint density at radius 2 is 1.67 bits per heavy atom. The minimum atomic E-state index is -3.52. The Bertz CT molecular complexity index is 868. The van der Waals surface area contributed by atoms with Crippen molar-refractivity contribution in [3.05, 3.63) is 36.4 Å². The van der Waals surface area contributed by atoms with Gasteiger partial charge in [0.15, 0.2) is 0 Å². The fourth-order valence-corrected chi connectivity index (χ4v) is 5.95. The van der Waals surface area contributed by atoms with Crippen LogP contribution >= 0.6 is 0 Å². The molecule has 1 heterocycles. The van der Waals surface area contributed by atoms with Crippen LogP contribution in [0.25, 0.3) is 10.8 Å². The summed E-state index contributed by atoms with van der Waals surface area (Å²) >= 11 is 0. The van der Waals surface area contributed by atoms with Gasteiger partial charge in [-0.05, 0) is 36.8 Å². The largest absolute Gasteiger partial charge is 0.493 e. The molecule has 0 radical (unpaired) electrons. The molecule has 27 heavy (non-hydrogen) atoms. The van der Waals surface area contributed by atoms with Gasteiger partial charge in [-0.1, -0.05) is 57.9 Å². The van der Waals surface area contributed by atoms with Gasteiger partial charge in [0.25, 0.3) is 0 Å². The van der Waals surface area contributed by atoms with Gasteiger partial charge in [0, 0.05) is 23.9 Å². The molecule has 0 saturated carbocycles. The summed E-state index contributed by atoms with van der Waals surface area (Å²) < 4.78 is 34.4. The second kappa shape index (κ2) is 8.61. The number of unbranched alkanes of at least 4 members (excludes halogenated alkanes) is 2. The summed E-state index contributed by atoms with van der Waals surface area (Å²) in [5.74, 6) is 1.54. The van der Waals surface area contributed by atoms with E-state index in [1.807, 2.05) is 30.3 Å². The number of hydrogen-bond donors (Lipinski definition) is 0. The van der Waals surface area contributed by atoms with Crippen molar-refractivity contribution in [2.45, 2.75) is 51.3 Å². The Kier molecular flexibility index (Phi) is 6.43. The molecule has 0 aromatic heterocycles. The molecule has 0 N–H and O–H groups in total. The lowest BCUT2D eigenvalue weighted by atomic mass is 9.94. The predicted octanol–water partition coefficient (Wildman–Crippen LogP) is 5.08. The van der Waals surface area contributed by atoms with Crippen LogP contribution in [0.4, 0.5) is 0 Å². The van der Waals surface area contributed by atoms with Gasteiger partial charge >= 0.3 is 0 Å². The van der Waals surface area contributed by atoms with E-state index in [4.69, 9.17) is 4.74 Å². The number of benzene rings is 2. The first kappa shape index (κ1) is 20.2. The van der Waals surface area contributed by atoms with E-state index in [0.29, 0.717) is 36.4 Å². The Labute approximate surface area is 163 Å². The van der Waals surface area contributed by atoms with Crippen molar-refractivity contribution in [2.24, 2.45) is 11.8 Å². The average molecular weight is 390 g/mol. The van der Waals surface area contributed by atoms with Crippen molar-refractivity contribution in [2.75, 3.05) is 19.7 Å². The number of nitrogens with zero attached hydrogens (tertiary/aromatic N) is 1. The first-order valence-corrected chi connectivity index (χ1v) is 11.5. The fraction of sp³-hybridized carbons (Fsp3) is 0.545. The normalized spacial score (nSPS) is 21.4. The molecule has 4 nitrogen and oxygen atoms in total. The number of ether oxygens (including phenoxy) is 1. The van der Waals surface area contributed by atoms with E-state index in [0.717, 1.165) is 42.2 Å². The van der Waals surface area contributed by atoms with Crippen molar-refractivity contribution >= 4 is 20.8 Å². The molecular formula is C22H31NO3S. The number of hydrogen-bond acceptors (Lipinski definition) is 3.